The summed E-state index contributed by atoms with van der Waals surface area (Å²) >= 11 is 1.55. The van der Waals surface area contributed by atoms with Gasteiger partial charge in [0.2, 0.25) is 0 Å². The lowest BCUT2D eigenvalue weighted by Gasteiger charge is -2.22. The summed E-state index contributed by atoms with van der Waals surface area (Å²) in [5, 5.41) is 5.79. The van der Waals surface area contributed by atoms with Crippen molar-refractivity contribution in [3.05, 3.63) is 75.2 Å². The van der Waals surface area contributed by atoms with E-state index in [-0.39, 0.29) is 5.91 Å². The second kappa shape index (κ2) is 13.9. The first-order chi connectivity index (χ1) is 17.0. The Balaban J connectivity index is 1.67. The Morgan fingerprint density at radius 2 is 1.74 bits per heavy atom. The summed E-state index contributed by atoms with van der Waals surface area (Å²) in [4.78, 5) is 19.5. The highest BCUT2D eigenvalue weighted by molar-refractivity contribution is 7.09. The molecule has 0 atom stereocenters. The first-order valence-electron chi connectivity index (χ1n) is 12.2. The zero-order chi connectivity index (χ0) is 25.0. The van der Waals surface area contributed by atoms with E-state index >= 15 is 0 Å². The van der Waals surface area contributed by atoms with Gasteiger partial charge < -0.3 is 14.8 Å². The number of aromatic nitrogens is 1. The topological polar surface area (TPSA) is 63.7 Å². The molecule has 3 rings (SSSR count). The van der Waals surface area contributed by atoms with Crippen molar-refractivity contribution in [2.24, 2.45) is 0 Å². The number of methoxy groups -OCH3 is 2. The van der Waals surface area contributed by atoms with Crippen LogP contribution in [-0.4, -0.2) is 43.1 Å². The van der Waals surface area contributed by atoms with Gasteiger partial charge >= 0.3 is 0 Å². The van der Waals surface area contributed by atoms with E-state index in [9.17, 15) is 4.79 Å². The molecule has 0 bridgehead atoms. The van der Waals surface area contributed by atoms with Crippen LogP contribution in [0.2, 0.25) is 0 Å². The van der Waals surface area contributed by atoms with Crippen molar-refractivity contribution in [1.82, 2.24) is 15.2 Å². The van der Waals surface area contributed by atoms with Gasteiger partial charge in [-0.2, -0.15) is 0 Å². The summed E-state index contributed by atoms with van der Waals surface area (Å²) in [7, 11) is 3.31. The molecule has 7 heteroatoms. The summed E-state index contributed by atoms with van der Waals surface area (Å²) in [6.07, 6.45) is 4.12. The molecule has 0 saturated carbocycles. The molecule has 0 saturated heterocycles. The maximum Gasteiger partial charge on any atom is 0.270 e. The Morgan fingerprint density at radius 1 is 1.00 bits per heavy atom. The maximum absolute atomic E-state index is 12.5. The van der Waals surface area contributed by atoms with Crippen molar-refractivity contribution in [3.63, 3.8) is 0 Å². The van der Waals surface area contributed by atoms with Crippen molar-refractivity contribution < 1.29 is 14.3 Å². The maximum atomic E-state index is 12.5. The molecule has 0 radical (unpaired) electrons. The van der Waals surface area contributed by atoms with Gasteiger partial charge in [0.15, 0.2) is 11.5 Å². The van der Waals surface area contributed by atoms with E-state index in [1.54, 1.807) is 25.6 Å². The van der Waals surface area contributed by atoms with E-state index < -0.39 is 0 Å². The molecule has 0 spiro atoms. The van der Waals surface area contributed by atoms with Gasteiger partial charge in [-0.15, -0.1) is 11.3 Å². The largest absolute Gasteiger partial charge is 0.493 e. The highest BCUT2D eigenvalue weighted by atomic mass is 32.1. The van der Waals surface area contributed by atoms with E-state index in [1.165, 1.54) is 16.7 Å². The van der Waals surface area contributed by atoms with Crippen LogP contribution < -0.4 is 14.8 Å². The van der Waals surface area contributed by atoms with Gasteiger partial charge in [0.1, 0.15) is 10.7 Å². The van der Waals surface area contributed by atoms with Gasteiger partial charge in [-0.1, -0.05) is 55.7 Å². The van der Waals surface area contributed by atoms with Crippen LogP contribution in [0.25, 0.3) is 0 Å². The van der Waals surface area contributed by atoms with Gasteiger partial charge in [0.05, 0.1) is 20.8 Å². The van der Waals surface area contributed by atoms with E-state index in [0.717, 1.165) is 55.3 Å². The lowest BCUT2D eigenvalue weighted by molar-refractivity contribution is 0.0948. The zero-order valence-electron chi connectivity index (χ0n) is 21.3. The predicted octanol–water partition coefficient (Wildman–Crippen LogP) is 5.63. The minimum absolute atomic E-state index is 0.0842. The molecule has 0 unspecified atom stereocenters. The first-order valence-corrected chi connectivity index (χ1v) is 13.1. The number of nitrogens with one attached hydrogen (secondary N) is 1. The second-order valence-corrected chi connectivity index (χ2v) is 9.67. The monoisotopic (exact) mass is 495 g/mol. The van der Waals surface area contributed by atoms with Gasteiger partial charge in [0, 0.05) is 25.0 Å². The number of thiazole rings is 1. The smallest absolute Gasteiger partial charge is 0.270 e. The molecule has 1 heterocycles. The molecule has 0 fully saturated rings. The third-order valence-electron chi connectivity index (χ3n) is 5.90. The van der Waals surface area contributed by atoms with Crippen molar-refractivity contribution in [1.29, 1.82) is 0 Å². The van der Waals surface area contributed by atoms with Gasteiger partial charge in [-0.05, 0) is 43.0 Å². The Bertz CT molecular complexity index is 1070. The minimum Gasteiger partial charge on any atom is -0.493 e. The lowest BCUT2D eigenvalue weighted by atomic mass is 10.1. The number of hydrogen-bond acceptors (Lipinski definition) is 6. The van der Waals surface area contributed by atoms with Crippen LogP contribution in [0.4, 0.5) is 0 Å². The molecule has 1 aromatic heterocycles. The fourth-order valence-corrected chi connectivity index (χ4v) is 4.65. The summed E-state index contributed by atoms with van der Waals surface area (Å²) in [5.74, 6) is 1.39. The molecule has 35 heavy (non-hydrogen) atoms. The summed E-state index contributed by atoms with van der Waals surface area (Å²) < 4.78 is 10.8. The summed E-state index contributed by atoms with van der Waals surface area (Å²) in [6, 6.07) is 14.7. The molecule has 6 nitrogen and oxygen atoms in total. The van der Waals surface area contributed by atoms with Crippen molar-refractivity contribution in [2.45, 2.75) is 52.6 Å². The van der Waals surface area contributed by atoms with Crippen molar-refractivity contribution in [3.8, 4) is 11.5 Å². The number of amides is 1. The highest BCUT2D eigenvalue weighted by Gasteiger charge is 2.15. The number of carbonyl (C=O) groups excluding carboxylic acids is 1. The molecule has 3 aromatic rings. The molecule has 1 N–H and O–H groups in total. The number of rotatable bonds is 14. The minimum atomic E-state index is -0.0842. The summed E-state index contributed by atoms with van der Waals surface area (Å²) in [6.45, 7) is 7.30. The summed E-state index contributed by atoms with van der Waals surface area (Å²) in [5.41, 5.74) is 4.20. The number of aryl methyl sites for hydroxylation is 1. The van der Waals surface area contributed by atoms with Crippen LogP contribution >= 0.6 is 11.3 Å². The fourth-order valence-electron chi connectivity index (χ4n) is 3.84. The van der Waals surface area contributed by atoms with Crippen LogP contribution in [0, 0.1) is 6.92 Å². The van der Waals surface area contributed by atoms with Gasteiger partial charge in [-0.3, -0.25) is 9.69 Å². The Hall–Kier alpha value is -2.90. The van der Waals surface area contributed by atoms with E-state index in [2.05, 4.69) is 59.4 Å². The average Bonchev–Trinajstić information content (AvgIpc) is 3.34. The highest BCUT2D eigenvalue weighted by Crippen LogP contribution is 2.28. The van der Waals surface area contributed by atoms with Crippen LogP contribution in [-0.2, 0) is 19.5 Å². The number of hydrogen-bond donors (Lipinski definition) is 1. The number of ether oxygens (including phenoxy) is 2. The molecule has 2 aromatic carbocycles. The third-order valence-corrected chi connectivity index (χ3v) is 6.73. The number of benzene rings is 2. The van der Waals surface area contributed by atoms with Crippen LogP contribution in [0.3, 0.4) is 0 Å². The number of carbonyl (C=O) groups is 1. The number of unbranched alkanes of at least 4 members (excludes halogenated alkanes) is 2. The second-order valence-electron chi connectivity index (χ2n) is 8.73. The first kappa shape index (κ1) is 26.7. The zero-order valence-corrected chi connectivity index (χ0v) is 22.1. The molecule has 188 valence electrons. The fraction of sp³-hybridized carbons (Fsp3) is 0.429. The van der Waals surface area contributed by atoms with Crippen LogP contribution in [0.15, 0.2) is 47.8 Å². The normalized spacial score (nSPS) is 11.0. The Kier molecular flexibility index (Phi) is 10.6. The van der Waals surface area contributed by atoms with Crippen molar-refractivity contribution >= 4 is 17.2 Å². The van der Waals surface area contributed by atoms with E-state index in [1.807, 2.05) is 17.5 Å². The molecular weight excluding hydrogens is 458 g/mol. The van der Waals surface area contributed by atoms with E-state index in [0.29, 0.717) is 18.8 Å². The Morgan fingerprint density at radius 3 is 2.46 bits per heavy atom. The van der Waals surface area contributed by atoms with Crippen molar-refractivity contribution in [2.75, 3.05) is 27.3 Å². The van der Waals surface area contributed by atoms with Gasteiger partial charge in [0.25, 0.3) is 5.91 Å². The number of nitrogens with zero attached hydrogens (tertiary/aromatic N) is 2. The predicted molar refractivity (Wildman–Crippen MR) is 143 cm³/mol. The molecular formula is C28H37N3O3S. The lowest BCUT2D eigenvalue weighted by Crippen LogP contribution is -2.26. The average molecular weight is 496 g/mol. The van der Waals surface area contributed by atoms with Crippen LogP contribution in [0.1, 0.15) is 58.4 Å². The van der Waals surface area contributed by atoms with Crippen LogP contribution in [0.5, 0.6) is 11.5 Å². The third kappa shape index (κ3) is 8.37. The molecule has 0 aliphatic rings. The standard InChI is InChI=1S/C28H37N3O3S/c1-5-6-7-15-29-28(32)24-20-35-27(30-24)19-31(18-23-10-8-21(2)9-11-23)16-14-22-12-13-25(33-3)26(17-22)34-4/h8-13,17,20H,5-7,14-16,18-19H2,1-4H3,(H,29,32). The molecule has 0 aliphatic carbocycles. The SMILES string of the molecule is CCCCCNC(=O)c1csc(CN(CCc2ccc(OC)c(OC)c2)Cc2ccc(C)cc2)n1. The quantitative estimate of drug-likeness (QED) is 0.294. The Labute approximate surface area is 213 Å². The molecule has 1 amide bonds. The van der Waals surface area contributed by atoms with Gasteiger partial charge in [-0.25, -0.2) is 4.98 Å². The van der Waals surface area contributed by atoms with E-state index in [4.69, 9.17) is 9.47 Å². The molecule has 0 aliphatic heterocycles.